The molecule has 0 saturated carbocycles. The molecule has 0 aliphatic carbocycles. The molecule has 4 aromatic heterocycles. The van der Waals surface area contributed by atoms with E-state index in [1.165, 1.54) is 23.1 Å². The van der Waals surface area contributed by atoms with E-state index in [4.69, 9.17) is 0 Å². The predicted molar refractivity (Wildman–Crippen MR) is 87.8 cm³/mol. The van der Waals surface area contributed by atoms with Crippen LogP contribution in [0.1, 0.15) is 4.88 Å². The Labute approximate surface area is 131 Å². The van der Waals surface area contributed by atoms with Crippen LogP contribution in [-0.2, 0) is 6.54 Å². The summed E-state index contributed by atoms with van der Waals surface area (Å²) in [5.41, 5.74) is 0.887. The zero-order valence-electron chi connectivity index (χ0n) is 11.0. The summed E-state index contributed by atoms with van der Waals surface area (Å²) in [7, 11) is 0. The van der Waals surface area contributed by atoms with Crippen molar-refractivity contribution in [2.45, 2.75) is 11.7 Å². The molecule has 4 heterocycles. The van der Waals surface area contributed by atoms with Crippen molar-refractivity contribution in [3.8, 4) is 0 Å². The SMILES string of the molecule is CSc1nnc2n(Cc3cccs3)c(=O)c3sccc3n12. The molecule has 0 bridgehead atoms. The van der Waals surface area contributed by atoms with E-state index < -0.39 is 0 Å². The van der Waals surface area contributed by atoms with E-state index in [0.29, 0.717) is 12.3 Å². The first kappa shape index (κ1) is 13.1. The highest BCUT2D eigenvalue weighted by Gasteiger charge is 2.17. The van der Waals surface area contributed by atoms with Crippen LogP contribution in [-0.4, -0.2) is 25.4 Å². The van der Waals surface area contributed by atoms with Crippen LogP contribution in [0.25, 0.3) is 16.0 Å². The van der Waals surface area contributed by atoms with Crippen LogP contribution in [0.5, 0.6) is 0 Å². The van der Waals surface area contributed by atoms with Crippen LogP contribution in [0, 0.1) is 0 Å². The fraction of sp³-hybridized carbons (Fsp3) is 0.154. The molecule has 0 spiro atoms. The second-order valence-corrected chi connectivity index (χ2v) is 7.15. The third-order valence-corrected chi connectivity index (χ3v) is 5.64. The normalized spacial score (nSPS) is 11.7. The Morgan fingerprint density at radius 1 is 1.24 bits per heavy atom. The van der Waals surface area contributed by atoms with Crippen LogP contribution in [0.2, 0.25) is 0 Å². The van der Waals surface area contributed by atoms with Gasteiger partial charge in [0.25, 0.3) is 5.56 Å². The van der Waals surface area contributed by atoms with E-state index >= 15 is 0 Å². The van der Waals surface area contributed by atoms with Gasteiger partial charge in [-0.3, -0.25) is 13.8 Å². The maximum atomic E-state index is 12.7. The molecule has 0 aliphatic rings. The Morgan fingerprint density at radius 3 is 2.90 bits per heavy atom. The molecular weight excluding hydrogens is 324 g/mol. The Kier molecular flexibility index (Phi) is 3.09. The smallest absolute Gasteiger partial charge is 0.270 e. The fourth-order valence-corrected chi connectivity index (χ4v) is 4.33. The fourth-order valence-electron chi connectivity index (χ4n) is 2.33. The summed E-state index contributed by atoms with van der Waals surface area (Å²) in [6.07, 6.45) is 1.96. The van der Waals surface area contributed by atoms with Crippen LogP contribution in [0.4, 0.5) is 0 Å². The molecule has 0 saturated heterocycles. The van der Waals surface area contributed by atoms with Crippen molar-refractivity contribution in [2.75, 3.05) is 6.26 Å². The van der Waals surface area contributed by atoms with Crippen molar-refractivity contribution < 1.29 is 0 Å². The molecule has 0 unspecified atom stereocenters. The summed E-state index contributed by atoms with van der Waals surface area (Å²) in [6.45, 7) is 0.528. The maximum Gasteiger partial charge on any atom is 0.273 e. The van der Waals surface area contributed by atoms with Gasteiger partial charge in [-0.05, 0) is 29.1 Å². The minimum atomic E-state index is 0.000882. The highest BCUT2D eigenvalue weighted by atomic mass is 32.2. The van der Waals surface area contributed by atoms with Crippen LogP contribution < -0.4 is 5.56 Å². The van der Waals surface area contributed by atoms with E-state index in [0.717, 1.165) is 20.3 Å². The molecule has 4 rings (SSSR count). The van der Waals surface area contributed by atoms with Crippen molar-refractivity contribution in [3.05, 3.63) is 44.2 Å². The summed E-state index contributed by atoms with van der Waals surface area (Å²) in [5, 5.41) is 13.2. The monoisotopic (exact) mass is 334 g/mol. The Balaban J connectivity index is 2.09. The van der Waals surface area contributed by atoms with Crippen LogP contribution in [0.15, 0.2) is 38.9 Å². The van der Waals surface area contributed by atoms with E-state index in [1.807, 2.05) is 39.6 Å². The second kappa shape index (κ2) is 4.97. The van der Waals surface area contributed by atoms with Gasteiger partial charge in [0.2, 0.25) is 5.78 Å². The van der Waals surface area contributed by atoms with Crippen molar-refractivity contribution in [3.63, 3.8) is 0 Å². The first-order valence-electron chi connectivity index (χ1n) is 6.21. The first-order chi connectivity index (χ1) is 10.3. The zero-order chi connectivity index (χ0) is 14.4. The average Bonchev–Trinajstić information content (AvgIpc) is 3.21. The van der Waals surface area contributed by atoms with E-state index in [1.54, 1.807) is 15.9 Å². The first-order valence-corrected chi connectivity index (χ1v) is 9.19. The Morgan fingerprint density at radius 2 is 2.14 bits per heavy atom. The van der Waals surface area contributed by atoms with Gasteiger partial charge in [0.05, 0.1) is 12.1 Å². The quantitative estimate of drug-likeness (QED) is 0.541. The number of aromatic nitrogens is 4. The van der Waals surface area contributed by atoms with Crippen molar-refractivity contribution in [1.82, 2.24) is 19.2 Å². The molecule has 0 amide bonds. The number of hydrogen-bond donors (Lipinski definition) is 0. The van der Waals surface area contributed by atoms with Gasteiger partial charge in [-0.25, -0.2) is 0 Å². The molecule has 0 atom stereocenters. The average molecular weight is 334 g/mol. The molecule has 0 fully saturated rings. The van der Waals surface area contributed by atoms with Crippen molar-refractivity contribution in [2.24, 2.45) is 0 Å². The zero-order valence-corrected chi connectivity index (χ0v) is 13.5. The number of fused-ring (bicyclic) bond motifs is 3. The van der Waals surface area contributed by atoms with Gasteiger partial charge in [-0.15, -0.1) is 32.9 Å². The molecule has 21 heavy (non-hydrogen) atoms. The number of nitrogens with zero attached hydrogens (tertiary/aromatic N) is 4. The second-order valence-electron chi connectivity index (χ2n) is 4.43. The number of thiophene rings is 2. The van der Waals surface area contributed by atoms with E-state index in [-0.39, 0.29) is 5.56 Å². The van der Waals surface area contributed by atoms with Crippen LogP contribution in [0.3, 0.4) is 0 Å². The topological polar surface area (TPSA) is 52.2 Å². The Hall–Kier alpha value is -1.64. The number of rotatable bonds is 3. The molecule has 106 valence electrons. The molecule has 0 N–H and O–H groups in total. The lowest BCUT2D eigenvalue weighted by Gasteiger charge is -2.07. The molecule has 4 aromatic rings. The number of hydrogen-bond acceptors (Lipinski definition) is 6. The lowest BCUT2D eigenvalue weighted by atomic mass is 10.4. The number of thioether (sulfide) groups is 1. The summed E-state index contributed by atoms with van der Waals surface area (Å²) < 4.78 is 4.41. The molecule has 8 heteroatoms. The van der Waals surface area contributed by atoms with E-state index in [9.17, 15) is 4.79 Å². The molecule has 5 nitrogen and oxygen atoms in total. The maximum absolute atomic E-state index is 12.7. The van der Waals surface area contributed by atoms with Gasteiger partial charge in [0.1, 0.15) is 4.70 Å². The molecule has 0 aromatic carbocycles. The van der Waals surface area contributed by atoms with Gasteiger partial charge >= 0.3 is 0 Å². The van der Waals surface area contributed by atoms with Gasteiger partial charge in [0.15, 0.2) is 5.16 Å². The van der Waals surface area contributed by atoms with Gasteiger partial charge < -0.3 is 0 Å². The summed E-state index contributed by atoms with van der Waals surface area (Å²) in [6, 6.07) is 5.97. The third kappa shape index (κ3) is 1.94. The van der Waals surface area contributed by atoms with Gasteiger partial charge in [-0.1, -0.05) is 17.8 Å². The summed E-state index contributed by atoms with van der Waals surface area (Å²) in [5.74, 6) is 0.601. The van der Waals surface area contributed by atoms with Gasteiger partial charge in [-0.2, -0.15) is 0 Å². The van der Waals surface area contributed by atoms with Crippen molar-refractivity contribution >= 4 is 50.4 Å². The van der Waals surface area contributed by atoms with Gasteiger partial charge in [0, 0.05) is 4.88 Å². The standard InChI is InChI=1S/C13H10N4OS3/c1-19-13-15-14-12-16(7-8-3-2-5-20-8)11(18)10-9(17(12)13)4-6-21-10/h2-6H,7H2,1H3. The molecule has 0 aliphatic heterocycles. The van der Waals surface area contributed by atoms with Crippen LogP contribution >= 0.6 is 34.4 Å². The Bertz CT molecular complexity index is 980. The predicted octanol–water partition coefficient (Wildman–Crippen LogP) is 2.94. The lowest BCUT2D eigenvalue weighted by molar-refractivity contribution is 0.775. The minimum Gasteiger partial charge on any atom is -0.270 e. The summed E-state index contributed by atoms with van der Waals surface area (Å²) >= 11 is 4.63. The van der Waals surface area contributed by atoms with Crippen molar-refractivity contribution in [1.29, 1.82) is 0 Å². The lowest BCUT2D eigenvalue weighted by Crippen LogP contribution is -2.22. The molecule has 0 radical (unpaired) electrons. The largest absolute Gasteiger partial charge is 0.273 e. The third-order valence-electron chi connectivity index (χ3n) is 3.26. The highest BCUT2D eigenvalue weighted by Crippen LogP contribution is 2.23. The van der Waals surface area contributed by atoms with E-state index in [2.05, 4.69) is 10.2 Å². The summed E-state index contributed by atoms with van der Waals surface area (Å²) in [4.78, 5) is 13.8. The highest BCUT2D eigenvalue weighted by molar-refractivity contribution is 7.98. The molecular formula is C13H10N4OS3. The minimum absolute atomic E-state index is 0.000882.